The van der Waals surface area contributed by atoms with Crippen molar-refractivity contribution in [3.8, 4) is 5.69 Å². The highest BCUT2D eigenvalue weighted by Gasteiger charge is 2.21. The van der Waals surface area contributed by atoms with E-state index >= 15 is 0 Å². The number of rotatable bonds is 5. The molecule has 0 spiro atoms. The van der Waals surface area contributed by atoms with Crippen molar-refractivity contribution in [3.05, 3.63) is 84.2 Å². The van der Waals surface area contributed by atoms with E-state index in [0.29, 0.717) is 29.0 Å². The van der Waals surface area contributed by atoms with Crippen molar-refractivity contribution in [2.75, 3.05) is 18.9 Å². The smallest absolute Gasteiger partial charge is 0.284 e. The SMILES string of the molecule is Cc1nc2cc(C(=O)Nc3cccc(S(=O)(=O)N=C4CCCN4C)c3)ccc2n1-c1ccccc1. The molecule has 2 heterocycles. The van der Waals surface area contributed by atoms with Crippen LogP contribution in [0, 0.1) is 6.92 Å². The van der Waals surface area contributed by atoms with Gasteiger partial charge in [0.05, 0.1) is 15.9 Å². The topological polar surface area (TPSA) is 96.7 Å². The van der Waals surface area contributed by atoms with Crippen LogP contribution < -0.4 is 5.32 Å². The van der Waals surface area contributed by atoms with Crippen LogP contribution in [0.25, 0.3) is 16.7 Å². The van der Waals surface area contributed by atoms with Gasteiger partial charge in [0.2, 0.25) is 0 Å². The van der Waals surface area contributed by atoms with E-state index in [1.54, 1.807) is 24.3 Å². The lowest BCUT2D eigenvalue weighted by atomic mass is 10.1. The van der Waals surface area contributed by atoms with E-state index in [1.807, 2.05) is 59.8 Å². The number of aromatic nitrogens is 2. The second-order valence-corrected chi connectivity index (χ2v) is 10.1. The van der Waals surface area contributed by atoms with Crippen LogP contribution in [0.4, 0.5) is 5.69 Å². The standard InChI is InChI=1S/C26H25N5O3S/c1-18-27-23-16-19(13-14-24(23)31(18)21-9-4-3-5-10-21)26(32)28-20-8-6-11-22(17-20)35(33,34)29-25-12-7-15-30(25)2/h3-6,8-11,13-14,16-17H,7,12,15H2,1-2H3,(H,28,32). The molecule has 5 rings (SSSR count). The lowest BCUT2D eigenvalue weighted by Gasteiger charge is -2.11. The number of amides is 1. The molecule has 3 aromatic carbocycles. The van der Waals surface area contributed by atoms with Gasteiger partial charge in [-0.05, 0) is 61.9 Å². The molecule has 0 radical (unpaired) electrons. The maximum Gasteiger partial charge on any atom is 0.284 e. The molecule has 1 fully saturated rings. The maximum absolute atomic E-state index is 13.0. The number of carbonyl (C=O) groups excluding carboxylic acids is 1. The van der Waals surface area contributed by atoms with Crippen molar-refractivity contribution in [2.24, 2.45) is 4.40 Å². The van der Waals surface area contributed by atoms with Crippen molar-refractivity contribution in [1.29, 1.82) is 0 Å². The Morgan fingerprint density at radius 2 is 1.83 bits per heavy atom. The van der Waals surface area contributed by atoms with Crippen molar-refractivity contribution < 1.29 is 13.2 Å². The third-order valence-corrected chi connectivity index (χ3v) is 7.35. The Morgan fingerprint density at radius 1 is 1.03 bits per heavy atom. The molecule has 0 unspecified atom stereocenters. The van der Waals surface area contributed by atoms with Gasteiger partial charge in [0.25, 0.3) is 15.9 Å². The minimum Gasteiger partial charge on any atom is -0.362 e. The first-order chi connectivity index (χ1) is 16.8. The van der Waals surface area contributed by atoms with Crippen LogP contribution >= 0.6 is 0 Å². The zero-order valence-corrected chi connectivity index (χ0v) is 20.3. The lowest BCUT2D eigenvalue weighted by molar-refractivity contribution is 0.102. The summed E-state index contributed by atoms with van der Waals surface area (Å²) in [6.45, 7) is 2.71. The molecule has 35 heavy (non-hydrogen) atoms. The summed E-state index contributed by atoms with van der Waals surface area (Å²) >= 11 is 0. The Hall–Kier alpha value is -3.98. The van der Waals surface area contributed by atoms with E-state index in [9.17, 15) is 13.2 Å². The van der Waals surface area contributed by atoms with Crippen LogP contribution in [0.1, 0.15) is 29.0 Å². The Kier molecular flexibility index (Phi) is 5.86. The summed E-state index contributed by atoms with van der Waals surface area (Å²) < 4.78 is 31.6. The van der Waals surface area contributed by atoms with Crippen molar-refractivity contribution >= 4 is 38.5 Å². The second kappa shape index (κ2) is 8.99. The first kappa shape index (κ1) is 22.8. The summed E-state index contributed by atoms with van der Waals surface area (Å²) in [7, 11) is -2.04. The summed E-state index contributed by atoms with van der Waals surface area (Å²) in [6, 6.07) is 21.4. The zero-order valence-electron chi connectivity index (χ0n) is 19.5. The number of amidine groups is 1. The number of sulfonamides is 1. The van der Waals surface area contributed by atoms with Crippen LogP contribution in [0.5, 0.6) is 0 Å². The molecule has 1 aliphatic rings. The molecule has 1 aromatic heterocycles. The Bertz CT molecular complexity index is 1560. The van der Waals surface area contributed by atoms with E-state index in [2.05, 4.69) is 14.7 Å². The van der Waals surface area contributed by atoms with Crippen molar-refractivity contribution in [2.45, 2.75) is 24.7 Å². The first-order valence-corrected chi connectivity index (χ1v) is 12.8. The van der Waals surface area contributed by atoms with E-state index in [4.69, 9.17) is 0 Å². The van der Waals surface area contributed by atoms with E-state index < -0.39 is 10.0 Å². The van der Waals surface area contributed by atoms with E-state index in [-0.39, 0.29) is 10.8 Å². The fourth-order valence-corrected chi connectivity index (χ4v) is 5.42. The maximum atomic E-state index is 13.0. The molecule has 0 aliphatic carbocycles. The normalized spacial score (nSPS) is 15.1. The van der Waals surface area contributed by atoms with Gasteiger partial charge in [-0.1, -0.05) is 24.3 Å². The largest absolute Gasteiger partial charge is 0.362 e. The van der Waals surface area contributed by atoms with Gasteiger partial charge in [0.1, 0.15) is 11.7 Å². The summed E-state index contributed by atoms with van der Waals surface area (Å²) in [6.07, 6.45) is 1.52. The molecule has 0 atom stereocenters. The molecule has 1 saturated heterocycles. The van der Waals surface area contributed by atoms with E-state index in [1.165, 1.54) is 12.1 Å². The fourth-order valence-electron chi connectivity index (χ4n) is 4.28. The minimum absolute atomic E-state index is 0.0378. The van der Waals surface area contributed by atoms with Gasteiger partial charge in [0.15, 0.2) is 0 Å². The number of aryl methyl sites for hydroxylation is 1. The number of imidazole rings is 1. The van der Waals surface area contributed by atoms with Crippen LogP contribution in [0.3, 0.4) is 0 Å². The van der Waals surface area contributed by atoms with Crippen LogP contribution in [0.2, 0.25) is 0 Å². The molecular formula is C26H25N5O3S. The molecule has 1 N–H and O–H groups in total. The molecule has 178 valence electrons. The first-order valence-electron chi connectivity index (χ1n) is 11.3. The average molecular weight is 488 g/mol. The van der Waals surface area contributed by atoms with Crippen molar-refractivity contribution in [3.63, 3.8) is 0 Å². The van der Waals surface area contributed by atoms with Crippen LogP contribution in [-0.2, 0) is 10.0 Å². The van der Waals surface area contributed by atoms with Crippen LogP contribution in [-0.4, -0.2) is 48.2 Å². The Labute approximate surface area is 204 Å². The number of nitrogens with one attached hydrogen (secondary N) is 1. The van der Waals surface area contributed by atoms with Gasteiger partial charge in [-0.15, -0.1) is 4.40 Å². The highest BCUT2D eigenvalue weighted by atomic mass is 32.2. The number of fused-ring (bicyclic) bond motifs is 1. The van der Waals surface area contributed by atoms with Gasteiger partial charge in [-0.25, -0.2) is 4.98 Å². The molecule has 8 nitrogen and oxygen atoms in total. The highest BCUT2D eigenvalue weighted by Crippen LogP contribution is 2.24. The minimum atomic E-state index is -3.87. The van der Waals surface area contributed by atoms with Gasteiger partial charge in [0, 0.05) is 37.0 Å². The molecular weight excluding hydrogens is 462 g/mol. The number of anilines is 1. The summed E-state index contributed by atoms with van der Waals surface area (Å²) in [5.74, 6) is 1.02. The van der Waals surface area contributed by atoms with Gasteiger partial charge in [-0.2, -0.15) is 8.42 Å². The third kappa shape index (κ3) is 4.54. The molecule has 0 bridgehead atoms. The highest BCUT2D eigenvalue weighted by molar-refractivity contribution is 7.90. The fraction of sp³-hybridized carbons (Fsp3) is 0.192. The molecule has 1 amide bonds. The van der Waals surface area contributed by atoms with Crippen molar-refractivity contribution in [1.82, 2.24) is 14.5 Å². The van der Waals surface area contributed by atoms with Gasteiger partial charge < -0.3 is 10.2 Å². The van der Waals surface area contributed by atoms with Gasteiger partial charge in [-0.3, -0.25) is 9.36 Å². The lowest BCUT2D eigenvalue weighted by Crippen LogP contribution is -2.20. The summed E-state index contributed by atoms with van der Waals surface area (Å²) in [5.41, 5.74) is 3.40. The van der Waals surface area contributed by atoms with Crippen LogP contribution in [0.15, 0.2) is 82.1 Å². The number of hydrogen-bond donors (Lipinski definition) is 1. The molecule has 9 heteroatoms. The quantitative estimate of drug-likeness (QED) is 0.450. The molecule has 0 saturated carbocycles. The zero-order chi connectivity index (χ0) is 24.6. The van der Waals surface area contributed by atoms with Gasteiger partial charge >= 0.3 is 0 Å². The monoisotopic (exact) mass is 487 g/mol. The number of para-hydroxylation sites is 1. The predicted octanol–water partition coefficient (Wildman–Crippen LogP) is 4.40. The average Bonchev–Trinajstić information content (AvgIpc) is 3.40. The van der Waals surface area contributed by atoms with E-state index in [0.717, 1.165) is 30.0 Å². The predicted molar refractivity (Wildman–Crippen MR) is 137 cm³/mol. The number of carbonyl (C=O) groups is 1. The Balaban J connectivity index is 1.40. The summed E-state index contributed by atoms with van der Waals surface area (Å²) in [4.78, 5) is 19.5. The Morgan fingerprint density at radius 3 is 2.57 bits per heavy atom. The number of hydrogen-bond acceptors (Lipinski definition) is 4. The number of nitrogens with zero attached hydrogens (tertiary/aromatic N) is 4. The molecule has 1 aliphatic heterocycles. The molecule has 4 aromatic rings. The summed E-state index contributed by atoms with van der Waals surface area (Å²) in [5, 5.41) is 2.79. The second-order valence-electron chi connectivity index (χ2n) is 8.52. The number of benzene rings is 3. The third-order valence-electron chi connectivity index (χ3n) is 6.05. The number of likely N-dealkylation sites (tertiary alicyclic amines) is 1.